The standard InChI is InChI=1S/C17H13N3O4S2/c21-16-14-4-2-1-3-13(14)15(24-16)19-11-5-7-12(8-6-11)26(22,23)20-17-18-9-10-25-17/h1-10,15,19H,(H,18,20)/t15-/m0/s1. The number of carbonyl (C=O) groups excluding carboxylic acids is 1. The van der Waals surface area contributed by atoms with E-state index < -0.39 is 16.3 Å². The van der Waals surface area contributed by atoms with Crippen molar-refractivity contribution in [3.05, 3.63) is 71.2 Å². The molecule has 26 heavy (non-hydrogen) atoms. The summed E-state index contributed by atoms with van der Waals surface area (Å²) in [4.78, 5) is 15.9. The van der Waals surface area contributed by atoms with Crippen LogP contribution < -0.4 is 10.0 Å². The van der Waals surface area contributed by atoms with Crippen molar-refractivity contribution in [2.45, 2.75) is 11.1 Å². The minimum Gasteiger partial charge on any atom is -0.434 e. The van der Waals surface area contributed by atoms with E-state index >= 15 is 0 Å². The first kappa shape index (κ1) is 16.6. The first-order valence-corrected chi connectivity index (χ1v) is 9.98. The number of rotatable bonds is 5. The second-order valence-electron chi connectivity index (χ2n) is 5.48. The predicted molar refractivity (Wildman–Crippen MR) is 97.6 cm³/mol. The van der Waals surface area contributed by atoms with Gasteiger partial charge in [0.1, 0.15) is 0 Å². The van der Waals surface area contributed by atoms with Gasteiger partial charge in [-0.05, 0) is 30.3 Å². The maximum Gasteiger partial charge on any atom is 0.340 e. The molecule has 0 amide bonds. The second-order valence-corrected chi connectivity index (χ2v) is 8.06. The van der Waals surface area contributed by atoms with E-state index in [2.05, 4.69) is 15.0 Å². The van der Waals surface area contributed by atoms with E-state index in [1.807, 2.05) is 12.1 Å². The molecule has 0 aliphatic carbocycles. The zero-order chi connectivity index (χ0) is 18.1. The Morgan fingerprint density at radius 3 is 2.58 bits per heavy atom. The van der Waals surface area contributed by atoms with Crippen LogP contribution in [0.1, 0.15) is 22.1 Å². The summed E-state index contributed by atoms with van der Waals surface area (Å²) in [6, 6.07) is 13.3. The van der Waals surface area contributed by atoms with Crippen LogP contribution in [0.4, 0.5) is 10.8 Å². The van der Waals surface area contributed by atoms with Crippen molar-refractivity contribution < 1.29 is 17.9 Å². The summed E-state index contributed by atoms with van der Waals surface area (Å²) in [7, 11) is -3.70. The molecule has 1 atom stereocenters. The molecule has 0 unspecified atom stereocenters. The molecule has 1 aromatic heterocycles. The second kappa shape index (κ2) is 6.43. The molecule has 0 saturated carbocycles. The quantitative estimate of drug-likeness (QED) is 0.653. The molecule has 2 aromatic carbocycles. The minimum atomic E-state index is -3.70. The smallest absolute Gasteiger partial charge is 0.340 e. The van der Waals surface area contributed by atoms with Gasteiger partial charge in [-0.3, -0.25) is 4.72 Å². The summed E-state index contributed by atoms with van der Waals surface area (Å²) >= 11 is 1.20. The number of esters is 1. The van der Waals surface area contributed by atoms with Crippen molar-refractivity contribution in [3.63, 3.8) is 0 Å². The van der Waals surface area contributed by atoms with Gasteiger partial charge in [0.15, 0.2) is 5.13 Å². The van der Waals surface area contributed by atoms with Crippen LogP contribution in [0.3, 0.4) is 0 Å². The van der Waals surface area contributed by atoms with Crippen LogP contribution in [-0.4, -0.2) is 19.4 Å². The summed E-state index contributed by atoms with van der Waals surface area (Å²) in [5.41, 5.74) is 1.91. The van der Waals surface area contributed by atoms with Crippen molar-refractivity contribution >= 4 is 38.1 Å². The third kappa shape index (κ3) is 3.14. The number of fused-ring (bicyclic) bond motifs is 1. The molecule has 0 bridgehead atoms. The Balaban J connectivity index is 1.51. The van der Waals surface area contributed by atoms with Crippen LogP contribution in [-0.2, 0) is 14.8 Å². The fraction of sp³-hybridized carbons (Fsp3) is 0.0588. The number of benzene rings is 2. The number of thiazole rings is 1. The van der Waals surface area contributed by atoms with Crippen LogP contribution in [0.25, 0.3) is 0 Å². The number of nitrogens with zero attached hydrogens (tertiary/aromatic N) is 1. The molecule has 1 aliphatic rings. The normalized spacial score (nSPS) is 16.0. The van der Waals surface area contributed by atoms with Crippen LogP contribution >= 0.6 is 11.3 Å². The zero-order valence-electron chi connectivity index (χ0n) is 13.2. The van der Waals surface area contributed by atoms with Gasteiger partial charge in [-0.1, -0.05) is 18.2 Å². The Bertz CT molecular complexity index is 1050. The highest BCUT2D eigenvalue weighted by molar-refractivity contribution is 7.93. The third-order valence-electron chi connectivity index (χ3n) is 3.80. The van der Waals surface area contributed by atoms with Gasteiger partial charge < -0.3 is 10.1 Å². The summed E-state index contributed by atoms with van der Waals surface area (Å²) in [6.45, 7) is 0. The number of hydrogen-bond acceptors (Lipinski definition) is 7. The van der Waals surface area contributed by atoms with Crippen LogP contribution in [0.15, 0.2) is 65.0 Å². The van der Waals surface area contributed by atoms with Crippen LogP contribution in [0.5, 0.6) is 0 Å². The Morgan fingerprint density at radius 1 is 1.08 bits per heavy atom. The summed E-state index contributed by atoms with van der Waals surface area (Å²) < 4.78 is 32.4. The predicted octanol–water partition coefficient (Wildman–Crippen LogP) is 3.23. The Labute approximate surface area is 153 Å². The molecule has 2 heterocycles. The molecular formula is C17H13N3O4S2. The van der Waals surface area contributed by atoms with Gasteiger partial charge in [-0.15, -0.1) is 11.3 Å². The lowest BCUT2D eigenvalue weighted by atomic mass is 10.1. The van der Waals surface area contributed by atoms with Crippen molar-refractivity contribution in [1.29, 1.82) is 0 Å². The van der Waals surface area contributed by atoms with Crippen molar-refractivity contribution in [2.75, 3.05) is 10.0 Å². The van der Waals surface area contributed by atoms with E-state index in [-0.39, 0.29) is 10.9 Å². The maximum atomic E-state index is 12.3. The molecule has 0 radical (unpaired) electrons. The number of cyclic esters (lactones) is 1. The SMILES string of the molecule is O=C1O[C@H](Nc2ccc(S(=O)(=O)Nc3nccs3)cc2)c2ccccc21. The number of aromatic nitrogens is 1. The van der Waals surface area contributed by atoms with E-state index in [4.69, 9.17) is 4.74 Å². The largest absolute Gasteiger partial charge is 0.434 e. The molecule has 2 N–H and O–H groups in total. The van der Waals surface area contributed by atoms with E-state index in [1.165, 1.54) is 29.7 Å². The zero-order valence-corrected chi connectivity index (χ0v) is 14.9. The molecule has 0 fully saturated rings. The average Bonchev–Trinajstić information content (AvgIpc) is 3.24. The lowest BCUT2D eigenvalue weighted by molar-refractivity contribution is 0.0437. The lowest BCUT2D eigenvalue weighted by Gasteiger charge is -2.14. The number of nitrogens with one attached hydrogen (secondary N) is 2. The van der Waals surface area contributed by atoms with Gasteiger partial charge in [0.2, 0.25) is 6.23 Å². The molecule has 7 nitrogen and oxygen atoms in total. The van der Waals surface area contributed by atoms with Crippen LogP contribution in [0, 0.1) is 0 Å². The fourth-order valence-electron chi connectivity index (χ4n) is 2.58. The molecule has 132 valence electrons. The van der Waals surface area contributed by atoms with E-state index in [0.29, 0.717) is 16.4 Å². The van der Waals surface area contributed by atoms with Gasteiger partial charge in [0.05, 0.1) is 10.5 Å². The van der Waals surface area contributed by atoms with E-state index in [9.17, 15) is 13.2 Å². The van der Waals surface area contributed by atoms with Gasteiger partial charge in [0, 0.05) is 22.8 Å². The van der Waals surface area contributed by atoms with Gasteiger partial charge in [-0.25, -0.2) is 18.2 Å². The summed E-state index contributed by atoms with van der Waals surface area (Å²) in [5, 5.41) is 5.08. The average molecular weight is 387 g/mol. The number of carbonyl (C=O) groups is 1. The Kier molecular flexibility index (Phi) is 4.09. The highest BCUT2D eigenvalue weighted by Gasteiger charge is 2.30. The first-order chi connectivity index (χ1) is 12.5. The Hall–Kier alpha value is -2.91. The van der Waals surface area contributed by atoms with Gasteiger partial charge >= 0.3 is 5.97 Å². The van der Waals surface area contributed by atoms with Crippen molar-refractivity contribution in [3.8, 4) is 0 Å². The van der Waals surface area contributed by atoms with E-state index in [0.717, 1.165) is 5.56 Å². The number of hydrogen-bond donors (Lipinski definition) is 2. The number of ether oxygens (including phenoxy) is 1. The molecule has 3 aromatic rings. The minimum absolute atomic E-state index is 0.113. The van der Waals surface area contributed by atoms with E-state index in [1.54, 1.807) is 29.6 Å². The first-order valence-electron chi connectivity index (χ1n) is 7.62. The molecule has 4 rings (SSSR count). The van der Waals surface area contributed by atoms with Gasteiger partial charge in [-0.2, -0.15) is 0 Å². The monoisotopic (exact) mass is 387 g/mol. The van der Waals surface area contributed by atoms with Crippen LogP contribution in [0.2, 0.25) is 0 Å². The molecule has 0 saturated heterocycles. The molecule has 0 spiro atoms. The lowest BCUT2D eigenvalue weighted by Crippen LogP contribution is -2.13. The third-order valence-corrected chi connectivity index (χ3v) is 5.98. The molecular weight excluding hydrogens is 374 g/mol. The highest BCUT2D eigenvalue weighted by Crippen LogP contribution is 2.31. The van der Waals surface area contributed by atoms with Crippen molar-refractivity contribution in [1.82, 2.24) is 4.98 Å². The molecule has 9 heteroatoms. The summed E-state index contributed by atoms with van der Waals surface area (Å²) in [6.07, 6.45) is 0.922. The van der Waals surface area contributed by atoms with Crippen molar-refractivity contribution in [2.24, 2.45) is 0 Å². The number of anilines is 2. The molecule has 1 aliphatic heterocycles. The fourth-order valence-corrected chi connectivity index (χ4v) is 4.37. The summed E-state index contributed by atoms with van der Waals surface area (Å²) in [5.74, 6) is -0.384. The van der Waals surface area contributed by atoms with Gasteiger partial charge in [0.25, 0.3) is 10.0 Å². The topological polar surface area (TPSA) is 97.4 Å². The Morgan fingerprint density at radius 2 is 1.85 bits per heavy atom. The maximum absolute atomic E-state index is 12.3. The number of sulfonamides is 1. The highest BCUT2D eigenvalue weighted by atomic mass is 32.2.